The topological polar surface area (TPSA) is 70.9 Å². The minimum Gasteiger partial charge on any atom is -0.504 e. The number of methoxy groups -OCH3 is 1. The fourth-order valence-electron chi connectivity index (χ4n) is 2.23. The second kappa shape index (κ2) is 8.22. The highest BCUT2D eigenvalue weighted by molar-refractivity contribution is 9.13. The standard InChI is InChI=1S/C19H20Br2N2O3/c1-19(2,3)12-7-5-11(6-8-12)18(25)23-22-10-13-16(21)14(20)9-15(26-4)17(13)24/h5-10,24H,1-4H3,(H,23,25)/b22-10-. The van der Waals surface area contributed by atoms with Crippen LogP contribution in [-0.2, 0) is 5.41 Å². The van der Waals surface area contributed by atoms with Crippen LogP contribution in [0.15, 0.2) is 44.4 Å². The van der Waals surface area contributed by atoms with E-state index in [-0.39, 0.29) is 17.1 Å². The van der Waals surface area contributed by atoms with Crippen molar-refractivity contribution in [3.8, 4) is 11.5 Å². The second-order valence-corrected chi connectivity index (χ2v) is 8.31. The number of rotatable bonds is 4. The molecule has 0 aliphatic heterocycles. The van der Waals surface area contributed by atoms with Gasteiger partial charge in [0.05, 0.1) is 18.9 Å². The number of aromatic hydroxyl groups is 1. The number of hydrogen-bond donors (Lipinski definition) is 2. The molecule has 0 saturated carbocycles. The van der Waals surface area contributed by atoms with E-state index in [4.69, 9.17) is 4.74 Å². The maximum absolute atomic E-state index is 12.2. The SMILES string of the molecule is COc1cc(Br)c(Br)c(/C=N\NC(=O)c2ccc(C(C)(C)C)cc2)c1O. The van der Waals surface area contributed by atoms with Gasteiger partial charge in [-0.15, -0.1) is 0 Å². The average molecular weight is 484 g/mol. The summed E-state index contributed by atoms with van der Waals surface area (Å²) in [5.74, 6) is -0.111. The zero-order valence-electron chi connectivity index (χ0n) is 14.9. The Labute approximate surface area is 169 Å². The van der Waals surface area contributed by atoms with Crippen molar-refractivity contribution in [1.29, 1.82) is 0 Å². The number of halogens is 2. The number of ether oxygens (including phenoxy) is 1. The smallest absolute Gasteiger partial charge is 0.271 e. The van der Waals surface area contributed by atoms with Gasteiger partial charge < -0.3 is 9.84 Å². The Balaban J connectivity index is 2.16. The summed E-state index contributed by atoms with van der Waals surface area (Å²) in [5.41, 5.74) is 4.52. The number of phenolic OH excluding ortho intramolecular Hbond substituents is 1. The maximum Gasteiger partial charge on any atom is 0.271 e. The van der Waals surface area contributed by atoms with Crippen molar-refractivity contribution in [1.82, 2.24) is 5.43 Å². The van der Waals surface area contributed by atoms with Crippen molar-refractivity contribution in [2.45, 2.75) is 26.2 Å². The van der Waals surface area contributed by atoms with Crippen LogP contribution in [0.4, 0.5) is 0 Å². The molecule has 5 nitrogen and oxygen atoms in total. The predicted molar refractivity (Wildman–Crippen MR) is 110 cm³/mol. The number of carbonyl (C=O) groups excluding carboxylic acids is 1. The molecule has 0 spiro atoms. The number of nitrogens with one attached hydrogen (secondary N) is 1. The van der Waals surface area contributed by atoms with E-state index < -0.39 is 0 Å². The Morgan fingerprint density at radius 2 is 1.85 bits per heavy atom. The van der Waals surface area contributed by atoms with Gasteiger partial charge >= 0.3 is 0 Å². The van der Waals surface area contributed by atoms with Crippen LogP contribution in [0.3, 0.4) is 0 Å². The van der Waals surface area contributed by atoms with E-state index in [9.17, 15) is 9.90 Å². The zero-order valence-corrected chi connectivity index (χ0v) is 18.1. The molecule has 2 N–H and O–H groups in total. The van der Waals surface area contributed by atoms with Gasteiger partial charge in [-0.1, -0.05) is 32.9 Å². The number of amides is 1. The fraction of sp³-hybridized carbons (Fsp3) is 0.263. The van der Waals surface area contributed by atoms with Gasteiger partial charge in [-0.2, -0.15) is 5.10 Å². The number of nitrogens with zero attached hydrogens (tertiary/aromatic N) is 1. The van der Waals surface area contributed by atoms with Crippen molar-refractivity contribution in [3.63, 3.8) is 0 Å². The molecule has 2 aromatic rings. The molecule has 0 aliphatic rings. The first-order valence-electron chi connectivity index (χ1n) is 7.84. The average Bonchev–Trinajstić information content (AvgIpc) is 2.60. The summed E-state index contributed by atoms with van der Waals surface area (Å²) >= 11 is 6.73. The normalized spacial score (nSPS) is 11.6. The third-order valence-electron chi connectivity index (χ3n) is 3.79. The largest absolute Gasteiger partial charge is 0.504 e. The van der Waals surface area contributed by atoms with Crippen LogP contribution in [-0.4, -0.2) is 24.3 Å². The monoisotopic (exact) mass is 482 g/mol. The van der Waals surface area contributed by atoms with Gasteiger partial charge in [-0.05, 0) is 61.0 Å². The van der Waals surface area contributed by atoms with E-state index in [1.807, 2.05) is 12.1 Å². The number of hydrazone groups is 1. The van der Waals surface area contributed by atoms with Crippen molar-refractivity contribution >= 4 is 44.0 Å². The third kappa shape index (κ3) is 4.65. The van der Waals surface area contributed by atoms with Crippen LogP contribution in [0.25, 0.3) is 0 Å². The van der Waals surface area contributed by atoms with E-state index in [0.717, 1.165) is 5.56 Å². The lowest BCUT2D eigenvalue weighted by Gasteiger charge is -2.18. The van der Waals surface area contributed by atoms with E-state index >= 15 is 0 Å². The molecule has 0 heterocycles. The number of benzene rings is 2. The summed E-state index contributed by atoms with van der Waals surface area (Å²) in [5, 5.41) is 14.1. The van der Waals surface area contributed by atoms with Crippen LogP contribution in [0, 0.1) is 0 Å². The highest BCUT2D eigenvalue weighted by Crippen LogP contribution is 2.39. The maximum atomic E-state index is 12.2. The highest BCUT2D eigenvalue weighted by Gasteiger charge is 2.15. The lowest BCUT2D eigenvalue weighted by molar-refractivity contribution is 0.0955. The van der Waals surface area contributed by atoms with Gasteiger partial charge in [-0.3, -0.25) is 4.79 Å². The molecule has 138 valence electrons. The quantitative estimate of drug-likeness (QED) is 0.475. The molecule has 0 unspecified atom stereocenters. The molecule has 7 heteroatoms. The van der Waals surface area contributed by atoms with Crippen LogP contribution in [0.2, 0.25) is 0 Å². The molecule has 0 saturated heterocycles. The lowest BCUT2D eigenvalue weighted by atomic mass is 9.87. The van der Waals surface area contributed by atoms with E-state index in [2.05, 4.69) is 63.2 Å². The van der Waals surface area contributed by atoms with E-state index in [1.54, 1.807) is 18.2 Å². The van der Waals surface area contributed by atoms with E-state index in [1.165, 1.54) is 13.3 Å². The first-order chi connectivity index (χ1) is 12.1. The third-order valence-corrected chi connectivity index (χ3v) is 5.80. The van der Waals surface area contributed by atoms with Crippen LogP contribution in [0.5, 0.6) is 11.5 Å². The highest BCUT2D eigenvalue weighted by atomic mass is 79.9. The summed E-state index contributed by atoms with van der Waals surface area (Å²) in [7, 11) is 1.46. The van der Waals surface area contributed by atoms with Gasteiger partial charge in [0, 0.05) is 14.5 Å². The first kappa shape index (κ1) is 20.5. The van der Waals surface area contributed by atoms with Gasteiger partial charge in [0.1, 0.15) is 0 Å². The fourth-order valence-corrected chi connectivity index (χ4v) is 3.05. The number of hydrogen-bond acceptors (Lipinski definition) is 4. The van der Waals surface area contributed by atoms with Gasteiger partial charge in [-0.25, -0.2) is 5.43 Å². The Morgan fingerprint density at radius 3 is 2.38 bits per heavy atom. The molecule has 1 amide bonds. The molecular formula is C19H20Br2N2O3. The molecule has 2 rings (SSSR count). The molecule has 26 heavy (non-hydrogen) atoms. The van der Waals surface area contributed by atoms with Crippen molar-refractivity contribution in [2.24, 2.45) is 5.10 Å². The molecular weight excluding hydrogens is 464 g/mol. The molecule has 0 aliphatic carbocycles. The predicted octanol–water partition coefficient (Wildman–Crippen LogP) is 4.99. The molecule has 0 bridgehead atoms. The summed E-state index contributed by atoms with van der Waals surface area (Å²) in [6.45, 7) is 6.34. The number of carbonyl (C=O) groups is 1. The molecule has 0 radical (unpaired) electrons. The van der Waals surface area contributed by atoms with Crippen LogP contribution >= 0.6 is 31.9 Å². The van der Waals surface area contributed by atoms with E-state index in [0.29, 0.717) is 25.8 Å². The van der Waals surface area contributed by atoms with Gasteiger partial charge in [0.15, 0.2) is 11.5 Å². The zero-order chi connectivity index (χ0) is 19.5. The molecule has 0 fully saturated rings. The summed E-state index contributed by atoms with van der Waals surface area (Å²) in [4.78, 5) is 12.2. The van der Waals surface area contributed by atoms with Crippen LogP contribution < -0.4 is 10.2 Å². The van der Waals surface area contributed by atoms with Gasteiger partial charge in [0.25, 0.3) is 5.91 Å². The minimum absolute atomic E-state index is 0.0245. The lowest BCUT2D eigenvalue weighted by Crippen LogP contribution is -2.18. The molecule has 0 aromatic heterocycles. The molecule has 2 aromatic carbocycles. The Morgan fingerprint density at radius 1 is 1.23 bits per heavy atom. The summed E-state index contributed by atoms with van der Waals surface area (Å²) < 4.78 is 6.40. The first-order valence-corrected chi connectivity index (χ1v) is 9.42. The summed E-state index contributed by atoms with van der Waals surface area (Å²) in [6, 6.07) is 9.02. The van der Waals surface area contributed by atoms with Crippen LogP contribution in [0.1, 0.15) is 42.3 Å². The van der Waals surface area contributed by atoms with Gasteiger partial charge in [0.2, 0.25) is 0 Å². The number of phenols is 1. The minimum atomic E-state index is -0.334. The molecule has 0 atom stereocenters. The summed E-state index contributed by atoms with van der Waals surface area (Å²) in [6.07, 6.45) is 1.36. The van der Waals surface area contributed by atoms with Crippen molar-refractivity contribution in [3.05, 3.63) is 56.0 Å². The second-order valence-electron chi connectivity index (χ2n) is 6.66. The Hall–Kier alpha value is -1.86. The van der Waals surface area contributed by atoms with Crippen molar-refractivity contribution < 1.29 is 14.6 Å². The Bertz CT molecular complexity index is 841. The Kier molecular flexibility index (Phi) is 6.47. The van der Waals surface area contributed by atoms with Crippen molar-refractivity contribution in [2.75, 3.05) is 7.11 Å².